The van der Waals surface area contributed by atoms with E-state index < -0.39 is 0 Å². The molecule has 1 rings (SSSR count). The molecule has 60 valence electrons. The van der Waals surface area contributed by atoms with Gasteiger partial charge in [-0.2, -0.15) is 0 Å². The third-order valence-corrected chi connectivity index (χ3v) is 2.86. The Hall–Kier alpha value is -0.560. The van der Waals surface area contributed by atoms with E-state index in [1.54, 1.807) is 0 Å². The molecule has 0 spiro atoms. The Bertz CT molecular complexity index is 209. The van der Waals surface area contributed by atoms with E-state index >= 15 is 0 Å². The van der Waals surface area contributed by atoms with E-state index in [0.717, 1.165) is 6.42 Å². The van der Waals surface area contributed by atoms with Gasteiger partial charge in [-0.15, -0.1) is 11.3 Å². The molecule has 0 aliphatic rings. The van der Waals surface area contributed by atoms with E-state index in [0.29, 0.717) is 5.92 Å². The van der Waals surface area contributed by atoms with E-state index in [9.17, 15) is 0 Å². The lowest BCUT2D eigenvalue weighted by Gasteiger charge is -2.03. The minimum atomic E-state index is 0.686. The van der Waals surface area contributed by atoms with Crippen LogP contribution in [0.4, 0.5) is 0 Å². The van der Waals surface area contributed by atoms with Gasteiger partial charge in [0, 0.05) is 4.88 Å². The summed E-state index contributed by atoms with van der Waals surface area (Å²) in [5.41, 5.74) is 0. The van der Waals surface area contributed by atoms with E-state index in [4.69, 9.17) is 0 Å². The van der Waals surface area contributed by atoms with Crippen LogP contribution in [0.25, 0.3) is 0 Å². The summed E-state index contributed by atoms with van der Waals surface area (Å²) in [6.07, 6.45) is 5.51. The highest BCUT2D eigenvalue weighted by molar-refractivity contribution is 7.10. The molecule has 0 aliphatic carbocycles. The Balaban J connectivity index is 2.49. The molecule has 1 aromatic heterocycles. The van der Waals surface area contributed by atoms with Gasteiger partial charge in [0.05, 0.1) is 0 Å². The van der Waals surface area contributed by atoms with Gasteiger partial charge < -0.3 is 0 Å². The van der Waals surface area contributed by atoms with Crippen LogP contribution in [0.1, 0.15) is 31.1 Å². The quantitative estimate of drug-likeness (QED) is 0.599. The normalized spacial score (nSPS) is 14.0. The fraction of sp³-hybridized carbons (Fsp3) is 0.400. The summed E-state index contributed by atoms with van der Waals surface area (Å²) in [6, 6.07) is 4.32. The number of rotatable bonds is 3. The molecule has 0 saturated heterocycles. The van der Waals surface area contributed by atoms with Gasteiger partial charge in [-0.3, -0.25) is 0 Å². The van der Waals surface area contributed by atoms with Crippen molar-refractivity contribution in [2.75, 3.05) is 0 Å². The average molecular weight is 166 g/mol. The maximum absolute atomic E-state index is 2.27. The zero-order valence-electron chi connectivity index (χ0n) is 7.08. The largest absolute Gasteiger partial charge is 0.149 e. The van der Waals surface area contributed by atoms with Crippen molar-refractivity contribution in [1.82, 2.24) is 0 Å². The van der Waals surface area contributed by atoms with Gasteiger partial charge in [-0.25, -0.2) is 0 Å². The van der Waals surface area contributed by atoms with Gasteiger partial charge in [0.2, 0.25) is 0 Å². The number of hydrogen-bond donors (Lipinski definition) is 0. The van der Waals surface area contributed by atoms with Crippen LogP contribution >= 0.6 is 11.3 Å². The second-order valence-corrected chi connectivity index (χ2v) is 3.70. The SMILES string of the molecule is C/C=C\CC(C)c1cccs1. The van der Waals surface area contributed by atoms with Gasteiger partial charge in [-0.05, 0) is 30.7 Å². The van der Waals surface area contributed by atoms with Crippen molar-refractivity contribution in [2.24, 2.45) is 0 Å². The van der Waals surface area contributed by atoms with Crippen LogP contribution in [0.5, 0.6) is 0 Å². The van der Waals surface area contributed by atoms with Gasteiger partial charge in [0.15, 0.2) is 0 Å². The minimum Gasteiger partial charge on any atom is -0.149 e. The molecule has 0 bridgehead atoms. The van der Waals surface area contributed by atoms with E-state index in [-0.39, 0.29) is 0 Å². The molecular formula is C10H14S. The van der Waals surface area contributed by atoms with Gasteiger partial charge in [0.25, 0.3) is 0 Å². The maximum atomic E-state index is 2.27. The first-order valence-electron chi connectivity index (χ1n) is 3.99. The zero-order valence-corrected chi connectivity index (χ0v) is 7.90. The summed E-state index contributed by atoms with van der Waals surface area (Å²) in [5, 5.41) is 2.14. The average Bonchev–Trinajstić information content (AvgIpc) is 2.52. The van der Waals surface area contributed by atoms with Crippen molar-refractivity contribution in [3.8, 4) is 0 Å². The second-order valence-electron chi connectivity index (χ2n) is 2.72. The molecular weight excluding hydrogens is 152 g/mol. The number of thiophene rings is 1. The van der Waals surface area contributed by atoms with E-state index in [2.05, 4.69) is 43.5 Å². The summed E-state index contributed by atoms with van der Waals surface area (Å²) in [4.78, 5) is 1.49. The molecule has 0 saturated carbocycles. The Morgan fingerprint density at radius 3 is 3.00 bits per heavy atom. The molecule has 11 heavy (non-hydrogen) atoms. The molecule has 0 N–H and O–H groups in total. The predicted molar refractivity (Wildman–Crippen MR) is 52.2 cm³/mol. The number of hydrogen-bond acceptors (Lipinski definition) is 1. The van der Waals surface area contributed by atoms with Crippen LogP contribution < -0.4 is 0 Å². The standard InChI is InChI=1S/C10H14S/c1-3-4-6-9(2)10-7-5-8-11-10/h3-5,7-9H,6H2,1-2H3/b4-3-. The van der Waals surface area contributed by atoms with Crippen molar-refractivity contribution >= 4 is 11.3 Å². The third kappa shape index (κ3) is 2.51. The van der Waals surface area contributed by atoms with Crippen LogP contribution in [-0.4, -0.2) is 0 Å². The van der Waals surface area contributed by atoms with Crippen molar-refractivity contribution in [1.29, 1.82) is 0 Å². The molecule has 0 amide bonds. The molecule has 1 heterocycles. The predicted octanol–water partition coefficient (Wildman–Crippen LogP) is 3.82. The van der Waals surface area contributed by atoms with Crippen LogP contribution in [0.2, 0.25) is 0 Å². The summed E-state index contributed by atoms with van der Waals surface area (Å²) >= 11 is 1.85. The Morgan fingerprint density at radius 2 is 2.45 bits per heavy atom. The van der Waals surface area contributed by atoms with Crippen molar-refractivity contribution in [3.63, 3.8) is 0 Å². The topological polar surface area (TPSA) is 0 Å². The summed E-state index contributed by atoms with van der Waals surface area (Å²) in [7, 11) is 0. The molecule has 0 fully saturated rings. The van der Waals surface area contributed by atoms with Gasteiger partial charge in [-0.1, -0.05) is 25.1 Å². The van der Waals surface area contributed by atoms with Crippen LogP contribution in [0.15, 0.2) is 29.7 Å². The van der Waals surface area contributed by atoms with Crippen LogP contribution in [-0.2, 0) is 0 Å². The summed E-state index contributed by atoms with van der Waals surface area (Å²) < 4.78 is 0. The first-order chi connectivity index (χ1) is 5.34. The second kappa shape index (κ2) is 4.35. The van der Waals surface area contributed by atoms with Crippen molar-refractivity contribution < 1.29 is 0 Å². The lowest BCUT2D eigenvalue weighted by molar-refractivity contribution is 0.797. The zero-order chi connectivity index (χ0) is 8.10. The third-order valence-electron chi connectivity index (χ3n) is 1.75. The molecule has 1 heteroatoms. The minimum absolute atomic E-state index is 0.686. The molecule has 1 aromatic rings. The molecule has 1 unspecified atom stereocenters. The smallest absolute Gasteiger partial charge is 0.00765 e. The lowest BCUT2D eigenvalue weighted by Crippen LogP contribution is -1.85. The molecule has 0 radical (unpaired) electrons. The molecule has 0 aliphatic heterocycles. The van der Waals surface area contributed by atoms with Crippen molar-refractivity contribution in [3.05, 3.63) is 34.5 Å². The first kappa shape index (κ1) is 8.54. The Morgan fingerprint density at radius 1 is 1.64 bits per heavy atom. The fourth-order valence-corrected chi connectivity index (χ4v) is 1.83. The first-order valence-corrected chi connectivity index (χ1v) is 4.87. The number of allylic oxidation sites excluding steroid dienone is 2. The monoisotopic (exact) mass is 166 g/mol. The molecule has 1 atom stereocenters. The summed E-state index contributed by atoms with van der Waals surface area (Å²) in [6.45, 7) is 4.34. The fourth-order valence-electron chi connectivity index (χ4n) is 1.03. The molecule has 0 nitrogen and oxygen atoms in total. The Labute approximate surface area is 72.6 Å². The van der Waals surface area contributed by atoms with E-state index in [1.807, 2.05) is 11.3 Å². The lowest BCUT2D eigenvalue weighted by atomic mass is 10.1. The molecule has 0 aromatic carbocycles. The van der Waals surface area contributed by atoms with Gasteiger partial charge >= 0.3 is 0 Å². The van der Waals surface area contributed by atoms with E-state index in [1.165, 1.54) is 4.88 Å². The van der Waals surface area contributed by atoms with Gasteiger partial charge in [0.1, 0.15) is 0 Å². The highest BCUT2D eigenvalue weighted by Crippen LogP contribution is 2.23. The summed E-state index contributed by atoms with van der Waals surface area (Å²) in [5.74, 6) is 0.686. The highest BCUT2D eigenvalue weighted by atomic mass is 32.1. The highest BCUT2D eigenvalue weighted by Gasteiger charge is 2.02. The van der Waals surface area contributed by atoms with Crippen LogP contribution in [0, 0.1) is 0 Å². The Kier molecular flexibility index (Phi) is 3.37. The van der Waals surface area contributed by atoms with Crippen molar-refractivity contribution in [2.45, 2.75) is 26.2 Å². The maximum Gasteiger partial charge on any atom is 0.00765 e. The van der Waals surface area contributed by atoms with Crippen LogP contribution in [0.3, 0.4) is 0 Å².